The Labute approximate surface area is 487 Å². The van der Waals surface area contributed by atoms with E-state index >= 15 is 0 Å². The number of aliphatic hydroxyl groups excluding tert-OH is 4. The Kier molecular flexibility index (Phi) is 19.1. The summed E-state index contributed by atoms with van der Waals surface area (Å²) in [6.07, 6.45) is 2.71. The van der Waals surface area contributed by atoms with Crippen LogP contribution < -0.4 is 10.2 Å². The van der Waals surface area contributed by atoms with Gasteiger partial charge in [-0.15, -0.1) is 10.2 Å². The van der Waals surface area contributed by atoms with Crippen LogP contribution in [0.5, 0.6) is 0 Å². The number of nitrogens with zero attached hydrogens (tertiary/aromatic N) is 11. The number of aromatic nitrogens is 5. The van der Waals surface area contributed by atoms with Gasteiger partial charge in [-0.05, 0) is 117 Å². The van der Waals surface area contributed by atoms with Gasteiger partial charge in [-0.1, -0.05) is 107 Å². The van der Waals surface area contributed by atoms with Crippen molar-refractivity contribution in [3.05, 3.63) is 117 Å². The van der Waals surface area contributed by atoms with E-state index in [2.05, 4.69) is 77.2 Å². The average Bonchev–Trinajstić information content (AvgIpc) is 4.33. The van der Waals surface area contributed by atoms with Crippen LogP contribution in [0, 0.1) is 32.1 Å². The van der Waals surface area contributed by atoms with E-state index in [4.69, 9.17) is 30.3 Å². The molecule has 434 valence electrons. The fraction of sp³-hybridized carbons (Fsp3) is 0.397. The zero-order valence-corrected chi connectivity index (χ0v) is 51.1. The third kappa shape index (κ3) is 12.4. The van der Waals surface area contributed by atoms with Crippen molar-refractivity contribution in [3.8, 4) is 11.2 Å². The molecule has 4 aromatic heterocycles. The number of fused-ring (bicyclic) bond motifs is 2. The monoisotopic (exact) mass is 1190 g/mol. The number of thiazole rings is 2. The van der Waals surface area contributed by atoms with Gasteiger partial charge in [0, 0.05) is 37.3 Å². The molecule has 0 aliphatic heterocycles. The van der Waals surface area contributed by atoms with Gasteiger partial charge in [-0.3, -0.25) is 4.90 Å². The molecule has 0 aliphatic rings. The molecular formula is C58H70N12O8S4. The molecule has 8 aromatic rings. The summed E-state index contributed by atoms with van der Waals surface area (Å²) in [5, 5.41) is 69.1. The van der Waals surface area contributed by atoms with Crippen LogP contribution in [0.1, 0.15) is 98.7 Å². The standard InChI is InChI=1S/C58H70N12O8S4/c1-11-38-27-35(5)28-39(12-2)51(38)63-54-50(64-65-55-44(34-59)53(58(8,9)10)66-70(55)57-61-46-18-16-43(33-48(46)80-57)82(77,78)68(21-25-73)22-26-74)37(7)31-49(62-54)69(52-40(13-3)29-36(6)30-41(52)14-4)56-60-45-17-15-42(32-47(45)79-56)81(75,76)67(19-23-71)20-24-72/h15-18,27-33,71-74H,11-14,19-26H2,1-10H3,(H,62,63)/b65-64+. The van der Waals surface area contributed by atoms with Gasteiger partial charge in [0.25, 0.3) is 0 Å². The van der Waals surface area contributed by atoms with Crippen LogP contribution in [-0.2, 0) is 51.1 Å². The van der Waals surface area contributed by atoms with Crippen molar-refractivity contribution in [1.29, 1.82) is 5.26 Å². The van der Waals surface area contributed by atoms with Crippen LogP contribution in [0.3, 0.4) is 0 Å². The van der Waals surface area contributed by atoms with E-state index in [0.29, 0.717) is 79.8 Å². The fourth-order valence-corrected chi connectivity index (χ4v) is 15.0. The quantitative estimate of drug-likeness (QED) is 0.0352. The molecule has 82 heavy (non-hydrogen) atoms. The normalized spacial score (nSPS) is 12.5. The molecule has 0 bridgehead atoms. The fourth-order valence-electron chi connectivity index (χ4n) is 9.93. The lowest BCUT2D eigenvalue weighted by Crippen LogP contribution is -2.35. The van der Waals surface area contributed by atoms with Gasteiger partial charge in [0.2, 0.25) is 25.2 Å². The number of nitrogens with one attached hydrogen (secondary N) is 1. The molecule has 0 amide bonds. The molecule has 20 nitrogen and oxygen atoms in total. The summed E-state index contributed by atoms with van der Waals surface area (Å²) in [6, 6.07) is 22.0. The van der Waals surface area contributed by atoms with Crippen LogP contribution in [0.2, 0.25) is 0 Å². The van der Waals surface area contributed by atoms with E-state index in [1.165, 1.54) is 34.2 Å². The first kappa shape index (κ1) is 61.4. The minimum absolute atomic E-state index is 0.00545. The number of pyridine rings is 1. The number of aliphatic hydroxyl groups is 4. The van der Waals surface area contributed by atoms with Gasteiger partial charge in [0.15, 0.2) is 16.8 Å². The average molecular weight is 1190 g/mol. The zero-order valence-electron chi connectivity index (χ0n) is 47.8. The van der Waals surface area contributed by atoms with Crippen molar-refractivity contribution in [1.82, 2.24) is 33.3 Å². The largest absolute Gasteiger partial charge is 0.395 e. The van der Waals surface area contributed by atoms with Crippen LogP contribution in [0.25, 0.3) is 25.6 Å². The first-order valence-corrected chi connectivity index (χ1v) is 31.7. The van der Waals surface area contributed by atoms with E-state index < -0.39 is 51.9 Å². The predicted molar refractivity (Wildman–Crippen MR) is 324 cm³/mol. The number of hydrogen-bond donors (Lipinski definition) is 5. The van der Waals surface area contributed by atoms with Gasteiger partial charge < -0.3 is 25.7 Å². The molecule has 0 radical (unpaired) electrons. The Morgan fingerprint density at radius 2 is 1.15 bits per heavy atom. The first-order chi connectivity index (χ1) is 39.1. The van der Waals surface area contributed by atoms with Crippen molar-refractivity contribution in [2.75, 3.05) is 62.8 Å². The highest BCUT2D eigenvalue weighted by molar-refractivity contribution is 7.89. The third-order valence-electron chi connectivity index (χ3n) is 13.9. The summed E-state index contributed by atoms with van der Waals surface area (Å²) in [5.74, 6) is 0.898. The number of azo groups is 1. The lowest BCUT2D eigenvalue weighted by Gasteiger charge is -2.28. The minimum atomic E-state index is -4.12. The summed E-state index contributed by atoms with van der Waals surface area (Å²) in [6.45, 7) is 17.7. The Morgan fingerprint density at radius 1 is 0.659 bits per heavy atom. The Morgan fingerprint density at radius 3 is 1.62 bits per heavy atom. The number of aryl methyl sites for hydroxylation is 7. The van der Waals surface area contributed by atoms with Gasteiger partial charge in [0.05, 0.1) is 68.0 Å². The first-order valence-electron chi connectivity index (χ1n) is 27.1. The summed E-state index contributed by atoms with van der Waals surface area (Å²) in [7, 11) is -8.23. The molecule has 0 fully saturated rings. The Balaban J connectivity index is 1.36. The molecule has 4 aromatic carbocycles. The third-order valence-corrected chi connectivity index (χ3v) is 19.7. The number of hydrogen-bond acceptors (Lipinski definition) is 19. The Bertz CT molecular complexity index is 3910. The van der Waals surface area contributed by atoms with Gasteiger partial charge in [-0.2, -0.15) is 23.7 Å². The van der Waals surface area contributed by atoms with E-state index in [1.807, 2.05) is 38.7 Å². The molecule has 4 heterocycles. The molecule has 0 saturated heterocycles. The SMILES string of the molecule is CCc1cc(C)cc(CC)c1Nc1nc(N(c2nc3ccc(S(=O)(=O)N(CCO)CCO)cc3s2)c2c(CC)cc(C)cc2CC)cc(C)c1/N=N/c1c(C#N)c(C(C)(C)C)nn1-c1nc2ccc(S(=O)(=O)N(CCO)CCO)cc2s1. The molecule has 0 unspecified atom stereocenters. The van der Waals surface area contributed by atoms with Gasteiger partial charge in [-0.25, -0.2) is 31.8 Å². The van der Waals surface area contributed by atoms with E-state index in [-0.39, 0.29) is 52.5 Å². The summed E-state index contributed by atoms with van der Waals surface area (Å²) in [5.41, 5.74) is 10.0. The van der Waals surface area contributed by atoms with Crippen LogP contribution in [0.4, 0.5) is 39.6 Å². The number of sulfonamides is 2. The number of benzene rings is 4. The van der Waals surface area contributed by atoms with E-state index in [0.717, 1.165) is 64.7 Å². The van der Waals surface area contributed by atoms with Crippen LogP contribution in [0.15, 0.2) is 86.7 Å². The maximum absolute atomic E-state index is 13.9. The van der Waals surface area contributed by atoms with Crippen LogP contribution in [-0.4, -0.2) is 123 Å². The van der Waals surface area contributed by atoms with Crippen molar-refractivity contribution in [2.24, 2.45) is 10.2 Å². The van der Waals surface area contributed by atoms with Gasteiger partial charge >= 0.3 is 0 Å². The van der Waals surface area contributed by atoms with Crippen molar-refractivity contribution in [3.63, 3.8) is 0 Å². The van der Waals surface area contributed by atoms with Crippen molar-refractivity contribution in [2.45, 2.75) is 110 Å². The predicted octanol–water partition coefficient (Wildman–Crippen LogP) is 10.4. The Hall–Kier alpha value is -6.63. The highest BCUT2D eigenvalue weighted by atomic mass is 32.2. The maximum Gasteiger partial charge on any atom is 0.243 e. The maximum atomic E-state index is 13.9. The van der Waals surface area contributed by atoms with E-state index in [9.17, 15) is 42.5 Å². The second-order valence-electron chi connectivity index (χ2n) is 20.7. The molecular weight excluding hydrogens is 1120 g/mol. The molecule has 5 N–H and O–H groups in total. The molecule has 0 spiro atoms. The minimum Gasteiger partial charge on any atom is -0.395 e. The number of anilines is 5. The molecule has 8 rings (SSSR count). The molecule has 0 saturated carbocycles. The number of nitriles is 1. The second-order valence-corrected chi connectivity index (χ2v) is 26.6. The second kappa shape index (κ2) is 25.5. The van der Waals surface area contributed by atoms with E-state index in [1.54, 1.807) is 18.2 Å². The summed E-state index contributed by atoms with van der Waals surface area (Å²) in [4.78, 5) is 17.5. The lowest BCUT2D eigenvalue weighted by molar-refractivity contribution is 0.217. The summed E-state index contributed by atoms with van der Waals surface area (Å²) >= 11 is 2.44. The van der Waals surface area contributed by atoms with Crippen molar-refractivity contribution >= 4 is 103 Å². The molecule has 24 heteroatoms. The summed E-state index contributed by atoms with van der Waals surface area (Å²) < 4.78 is 59.9. The molecule has 0 aliphatic carbocycles. The zero-order chi connectivity index (χ0) is 59.4. The van der Waals surface area contributed by atoms with Crippen LogP contribution >= 0.6 is 22.7 Å². The molecule has 0 atom stereocenters. The van der Waals surface area contributed by atoms with Crippen molar-refractivity contribution < 1.29 is 37.3 Å². The lowest BCUT2D eigenvalue weighted by atomic mass is 9.90. The van der Waals surface area contributed by atoms with Gasteiger partial charge in [0.1, 0.15) is 23.1 Å². The highest BCUT2D eigenvalue weighted by Crippen LogP contribution is 2.47. The number of rotatable bonds is 24. The highest BCUT2D eigenvalue weighted by Gasteiger charge is 2.32. The smallest absolute Gasteiger partial charge is 0.243 e. The topological polar surface area (TPSA) is 276 Å².